The lowest BCUT2D eigenvalue weighted by molar-refractivity contribution is 0.169. The Balaban J connectivity index is 0.00000338. The maximum atomic E-state index is 13.5. The molecule has 5 nitrogen and oxygen atoms in total. The number of aliphatic hydroxyl groups is 1. The van der Waals surface area contributed by atoms with Crippen molar-refractivity contribution in [3.05, 3.63) is 65.5 Å². The second kappa shape index (κ2) is 9.99. The van der Waals surface area contributed by atoms with Gasteiger partial charge in [-0.05, 0) is 43.0 Å². The van der Waals surface area contributed by atoms with Gasteiger partial charge >= 0.3 is 0 Å². The van der Waals surface area contributed by atoms with Gasteiger partial charge in [0.05, 0.1) is 6.10 Å². The minimum Gasteiger partial charge on any atom is -0.387 e. The van der Waals surface area contributed by atoms with E-state index in [0.717, 1.165) is 25.0 Å². The zero-order valence-corrected chi connectivity index (χ0v) is 16.1. The Morgan fingerprint density at radius 1 is 1.19 bits per heavy atom. The molecule has 2 aromatic rings. The molecule has 0 aromatic heterocycles. The summed E-state index contributed by atoms with van der Waals surface area (Å²) in [6, 6.07) is 13.7. The van der Waals surface area contributed by atoms with Gasteiger partial charge in [-0.1, -0.05) is 36.4 Å². The fourth-order valence-electron chi connectivity index (χ4n) is 2.51. The number of rotatable bonds is 8. The van der Waals surface area contributed by atoms with Crippen LogP contribution in [0.15, 0.2) is 53.4 Å². The topological polar surface area (TPSA) is 92.4 Å². The average Bonchev–Trinajstić information content (AvgIpc) is 2.58. The van der Waals surface area contributed by atoms with E-state index < -0.39 is 26.8 Å². The third-order valence-corrected chi connectivity index (χ3v) is 4.94. The lowest BCUT2D eigenvalue weighted by Gasteiger charge is -2.18. The van der Waals surface area contributed by atoms with Gasteiger partial charge < -0.3 is 10.4 Å². The van der Waals surface area contributed by atoms with Crippen molar-refractivity contribution >= 4 is 22.4 Å². The SMILES string of the molecule is CC(CCc1ccccc1)NCC(O)c1ccc(F)c(S(N)(=O)=O)c1.Cl. The van der Waals surface area contributed by atoms with Crippen molar-refractivity contribution < 1.29 is 17.9 Å². The zero-order chi connectivity index (χ0) is 18.4. The summed E-state index contributed by atoms with van der Waals surface area (Å²) in [4.78, 5) is -0.610. The molecule has 0 saturated heterocycles. The number of sulfonamides is 1. The monoisotopic (exact) mass is 402 g/mol. The Labute approximate surface area is 159 Å². The standard InChI is InChI=1S/C18H23FN2O3S.ClH/c1-13(7-8-14-5-3-2-4-6-14)21-12-17(22)15-9-10-16(19)18(11-15)25(20,23)24;/h2-6,9-11,13,17,21-22H,7-8,12H2,1H3,(H2,20,23,24);1H. The highest BCUT2D eigenvalue weighted by atomic mass is 35.5. The van der Waals surface area contributed by atoms with Crippen LogP contribution in [0.2, 0.25) is 0 Å². The number of hydrogen-bond acceptors (Lipinski definition) is 4. The summed E-state index contributed by atoms with van der Waals surface area (Å²) in [5.41, 5.74) is 1.54. The number of halogens is 2. The first-order chi connectivity index (χ1) is 11.8. The first-order valence-electron chi connectivity index (χ1n) is 8.05. The van der Waals surface area contributed by atoms with Crippen LogP contribution in [0.3, 0.4) is 0 Å². The molecule has 26 heavy (non-hydrogen) atoms. The molecule has 0 spiro atoms. The fourth-order valence-corrected chi connectivity index (χ4v) is 3.15. The first-order valence-corrected chi connectivity index (χ1v) is 9.59. The normalized spacial score (nSPS) is 13.7. The van der Waals surface area contributed by atoms with E-state index in [2.05, 4.69) is 17.4 Å². The molecule has 4 N–H and O–H groups in total. The van der Waals surface area contributed by atoms with Crippen LogP contribution >= 0.6 is 12.4 Å². The van der Waals surface area contributed by atoms with Gasteiger partial charge in [0.15, 0.2) is 0 Å². The molecule has 0 radical (unpaired) electrons. The Morgan fingerprint density at radius 3 is 2.46 bits per heavy atom. The van der Waals surface area contributed by atoms with Crippen LogP contribution in [-0.4, -0.2) is 26.1 Å². The third kappa shape index (κ3) is 6.66. The zero-order valence-electron chi connectivity index (χ0n) is 14.4. The number of nitrogens with one attached hydrogen (secondary N) is 1. The van der Waals surface area contributed by atoms with Crippen LogP contribution in [0.25, 0.3) is 0 Å². The molecular formula is C18H24ClFN2O3S. The number of primary sulfonamides is 1. The Morgan fingerprint density at radius 2 is 1.85 bits per heavy atom. The lowest BCUT2D eigenvalue weighted by Crippen LogP contribution is -2.31. The fraction of sp³-hybridized carbons (Fsp3) is 0.333. The molecule has 0 fully saturated rings. The summed E-state index contributed by atoms with van der Waals surface area (Å²) in [7, 11) is -4.17. The number of aryl methyl sites for hydroxylation is 1. The van der Waals surface area contributed by atoms with Gasteiger partial charge in [-0.2, -0.15) is 0 Å². The number of nitrogens with two attached hydrogens (primary N) is 1. The van der Waals surface area contributed by atoms with Crippen molar-refractivity contribution in [3.8, 4) is 0 Å². The summed E-state index contributed by atoms with van der Waals surface area (Å²) in [6.07, 6.45) is 0.847. The van der Waals surface area contributed by atoms with Crippen LogP contribution in [0, 0.1) is 5.82 Å². The van der Waals surface area contributed by atoms with E-state index in [1.54, 1.807) is 0 Å². The van der Waals surface area contributed by atoms with Gasteiger partial charge in [-0.15, -0.1) is 12.4 Å². The van der Waals surface area contributed by atoms with Gasteiger partial charge in [0.25, 0.3) is 0 Å². The first kappa shape index (κ1) is 22.5. The van der Waals surface area contributed by atoms with Crippen LogP contribution in [0.4, 0.5) is 4.39 Å². The van der Waals surface area contributed by atoms with Crippen molar-refractivity contribution in [2.24, 2.45) is 5.14 Å². The van der Waals surface area contributed by atoms with Crippen molar-refractivity contribution in [2.45, 2.75) is 36.8 Å². The molecule has 0 aliphatic carbocycles. The van der Waals surface area contributed by atoms with Crippen LogP contribution in [-0.2, 0) is 16.4 Å². The molecule has 2 aromatic carbocycles. The highest BCUT2D eigenvalue weighted by Crippen LogP contribution is 2.20. The predicted molar refractivity (Wildman–Crippen MR) is 102 cm³/mol. The largest absolute Gasteiger partial charge is 0.387 e. The minimum atomic E-state index is -4.17. The van der Waals surface area contributed by atoms with Crippen LogP contribution in [0.1, 0.15) is 30.6 Å². The molecule has 0 saturated carbocycles. The molecule has 0 heterocycles. The molecule has 144 valence electrons. The summed E-state index contributed by atoms with van der Waals surface area (Å²) in [6.45, 7) is 2.24. The second-order valence-electron chi connectivity index (χ2n) is 6.08. The van der Waals surface area contributed by atoms with E-state index in [9.17, 15) is 17.9 Å². The molecular weight excluding hydrogens is 379 g/mol. The van der Waals surface area contributed by atoms with E-state index in [1.165, 1.54) is 11.6 Å². The minimum absolute atomic E-state index is 0. The van der Waals surface area contributed by atoms with E-state index in [0.29, 0.717) is 5.56 Å². The molecule has 8 heteroatoms. The summed E-state index contributed by atoms with van der Waals surface area (Å²) in [5, 5.41) is 18.4. The molecule has 0 bridgehead atoms. The van der Waals surface area contributed by atoms with Crippen molar-refractivity contribution in [2.75, 3.05) is 6.54 Å². The van der Waals surface area contributed by atoms with Crippen molar-refractivity contribution in [3.63, 3.8) is 0 Å². The average molecular weight is 403 g/mol. The summed E-state index contributed by atoms with van der Waals surface area (Å²) < 4.78 is 36.3. The Kier molecular flexibility index (Phi) is 8.66. The lowest BCUT2D eigenvalue weighted by atomic mass is 10.1. The van der Waals surface area contributed by atoms with Crippen molar-refractivity contribution in [1.29, 1.82) is 0 Å². The highest BCUT2D eigenvalue weighted by Gasteiger charge is 2.18. The summed E-state index contributed by atoms with van der Waals surface area (Å²) in [5.74, 6) is -0.928. The van der Waals surface area contributed by atoms with Gasteiger partial charge in [-0.25, -0.2) is 17.9 Å². The van der Waals surface area contributed by atoms with Gasteiger partial charge in [-0.3, -0.25) is 0 Å². The Hall–Kier alpha value is -1.51. The number of aliphatic hydroxyl groups excluding tert-OH is 1. The van der Waals surface area contributed by atoms with E-state index in [1.807, 2.05) is 25.1 Å². The Bertz CT molecular complexity index is 803. The number of benzene rings is 2. The van der Waals surface area contributed by atoms with E-state index in [-0.39, 0.29) is 25.0 Å². The summed E-state index contributed by atoms with van der Waals surface area (Å²) >= 11 is 0. The maximum Gasteiger partial charge on any atom is 0.240 e. The molecule has 0 aliphatic heterocycles. The highest BCUT2D eigenvalue weighted by molar-refractivity contribution is 7.89. The second-order valence-corrected chi connectivity index (χ2v) is 7.61. The van der Waals surface area contributed by atoms with E-state index in [4.69, 9.17) is 5.14 Å². The van der Waals surface area contributed by atoms with Crippen molar-refractivity contribution in [1.82, 2.24) is 5.32 Å². The van der Waals surface area contributed by atoms with Gasteiger partial charge in [0, 0.05) is 12.6 Å². The van der Waals surface area contributed by atoms with Crippen LogP contribution < -0.4 is 10.5 Å². The quantitative estimate of drug-likeness (QED) is 0.632. The van der Waals surface area contributed by atoms with Gasteiger partial charge in [0.2, 0.25) is 10.0 Å². The molecule has 2 rings (SSSR count). The molecule has 0 aliphatic rings. The molecule has 2 atom stereocenters. The smallest absolute Gasteiger partial charge is 0.240 e. The molecule has 2 unspecified atom stereocenters. The molecule has 0 amide bonds. The van der Waals surface area contributed by atoms with E-state index >= 15 is 0 Å². The van der Waals surface area contributed by atoms with Gasteiger partial charge in [0.1, 0.15) is 10.7 Å². The predicted octanol–water partition coefficient (Wildman–Crippen LogP) is 2.54. The number of hydrogen-bond donors (Lipinski definition) is 3. The third-order valence-electron chi connectivity index (χ3n) is 4.02. The maximum absolute atomic E-state index is 13.5. The van der Waals surface area contributed by atoms with Crippen LogP contribution in [0.5, 0.6) is 0 Å².